The molecule has 9 nitrogen and oxygen atoms in total. The number of rotatable bonds is 6. The summed E-state index contributed by atoms with van der Waals surface area (Å²) in [5.74, 6) is 6.40. The Bertz CT molecular complexity index is 1310. The summed E-state index contributed by atoms with van der Waals surface area (Å²) in [6.07, 6.45) is 0. The van der Waals surface area contributed by atoms with Crippen molar-refractivity contribution in [2.45, 2.75) is 17.0 Å². The molecule has 1 saturated heterocycles. The van der Waals surface area contributed by atoms with Gasteiger partial charge < -0.3 is 10.7 Å². The summed E-state index contributed by atoms with van der Waals surface area (Å²) in [6, 6.07) is 11.7. The number of halogens is 2. The molecule has 0 spiro atoms. The predicted molar refractivity (Wildman–Crippen MR) is 133 cm³/mol. The van der Waals surface area contributed by atoms with Crippen molar-refractivity contribution < 1.29 is 13.2 Å². The smallest absolute Gasteiger partial charge is 0.243 e. The van der Waals surface area contributed by atoms with Crippen LogP contribution in [0.25, 0.3) is 11.4 Å². The summed E-state index contributed by atoms with van der Waals surface area (Å²) in [7, 11) is -3.59. The molecule has 1 aromatic heterocycles. The van der Waals surface area contributed by atoms with Gasteiger partial charge in [0.15, 0.2) is 5.82 Å². The molecule has 1 aliphatic rings. The average Bonchev–Trinajstić information content (AvgIpc) is 3.19. The number of aromatic nitrogens is 3. The van der Waals surface area contributed by atoms with Crippen LogP contribution in [0.15, 0.2) is 52.5 Å². The third-order valence-electron chi connectivity index (χ3n) is 5.41. The number of thioether (sulfide) groups is 1. The number of benzene rings is 2. The van der Waals surface area contributed by atoms with Crippen molar-refractivity contribution in [2.24, 2.45) is 0 Å². The van der Waals surface area contributed by atoms with E-state index in [0.717, 1.165) is 17.3 Å². The Balaban J connectivity index is 1.35. The van der Waals surface area contributed by atoms with Gasteiger partial charge in [0, 0.05) is 36.8 Å². The maximum absolute atomic E-state index is 12.9. The number of hydrogen-bond acceptors (Lipinski definition) is 7. The highest BCUT2D eigenvalue weighted by atomic mass is 35.5. The minimum Gasteiger partial charge on any atom is -0.339 e. The number of hydrogen-bond donors (Lipinski definition) is 1. The Morgan fingerprint density at radius 3 is 2.41 bits per heavy atom. The fourth-order valence-electron chi connectivity index (χ4n) is 3.48. The molecule has 2 N–H and O–H groups in total. The highest BCUT2D eigenvalue weighted by Gasteiger charge is 2.30. The molecule has 180 valence electrons. The first kappa shape index (κ1) is 24.8. The fourth-order valence-corrected chi connectivity index (χ4v) is 6.04. The summed E-state index contributed by atoms with van der Waals surface area (Å²) in [6.45, 7) is 2.99. The van der Waals surface area contributed by atoms with Gasteiger partial charge in [0.05, 0.1) is 15.7 Å². The molecule has 2 aromatic carbocycles. The van der Waals surface area contributed by atoms with Gasteiger partial charge in [-0.05, 0) is 37.3 Å². The molecule has 1 aliphatic heterocycles. The van der Waals surface area contributed by atoms with E-state index in [9.17, 15) is 13.2 Å². The van der Waals surface area contributed by atoms with E-state index in [0.29, 0.717) is 39.7 Å². The van der Waals surface area contributed by atoms with Gasteiger partial charge in [-0.3, -0.25) is 4.79 Å². The Hall–Kier alpha value is -2.31. The molecule has 0 atom stereocenters. The van der Waals surface area contributed by atoms with Crippen molar-refractivity contribution in [1.29, 1.82) is 0 Å². The van der Waals surface area contributed by atoms with Crippen LogP contribution >= 0.6 is 35.0 Å². The molecule has 0 radical (unpaired) electrons. The SMILES string of the molecule is Cc1ccc(S(=O)(=O)N2CCN(C(=O)CSc3nnc(-c4cc(Cl)ccc4Cl)n3N)CC2)cc1. The molecule has 1 fully saturated rings. The minimum atomic E-state index is -3.59. The van der Waals surface area contributed by atoms with Gasteiger partial charge in [-0.2, -0.15) is 4.31 Å². The van der Waals surface area contributed by atoms with Gasteiger partial charge in [0.2, 0.25) is 21.1 Å². The highest BCUT2D eigenvalue weighted by Crippen LogP contribution is 2.30. The largest absolute Gasteiger partial charge is 0.339 e. The van der Waals surface area contributed by atoms with Gasteiger partial charge in [-0.15, -0.1) is 10.2 Å². The molecule has 34 heavy (non-hydrogen) atoms. The Kier molecular flexibility index (Phi) is 7.39. The summed E-state index contributed by atoms with van der Waals surface area (Å²) in [4.78, 5) is 14.6. The lowest BCUT2D eigenvalue weighted by molar-refractivity contribution is -0.129. The van der Waals surface area contributed by atoms with Gasteiger partial charge >= 0.3 is 0 Å². The average molecular weight is 541 g/mol. The van der Waals surface area contributed by atoms with E-state index in [4.69, 9.17) is 29.0 Å². The standard InChI is InChI=1S/C21H22Cl2N6O3S2/c1-14-2-5-16(6-3-14)34(31,32)28-10-8-27(9-11-28)19(30)13-33-21-26-25-20(29(21)24)17-12-15(22)4-7-18(17)23/h2-7,12H,8-11,13,24H2,1H3. The maximum Gasteiger partial charge on any atom is 0.243 e. The topological polar surface area (TPSA) is 114 Å². The van der Waals surface area contributed by atoms with Crippen LogP contribution in [0.1, 0.15) is 5.56 Å². The highest BCUT2D eigenvalue weighted by molar-refractivity contribution is 7.99. The number of nitrogen functional groups attached to an aromatic ring is 1. The molecule has 0 saturated carbocycles. The molecule has 13 heteroatoms. The van der Waals surface area contributed by atoms with Crippen LogP contribution in [-0.4, -0.2) is 70.3 Å². The second kappa shape index (κ2) is 10.1. The molecule has 3 aromatic rings. The van der Waals surface area contributed by atoms with E-state index in [1.165, 1.54) is 8.98 Å². The molecule has 2 heterocycles. The van der Waals surface area contributed by atoms with Gasteiger partial charge in [-0.25, -0.2) is 13.1 Å². The normalized spacial score (nSPS) is 15.0. The number of aryl methyl sites for hydroxylation is 1. The number of sulfonamides is 1. The zero-order chi connectivity index (χ0) is 24.5. The van der Waals surface area contributed by atoms with Crippen molar-refractivity contribution in [3.63, 3.8) is 0 Å². The van der Waals surface area contributed by atoms with Crippen LogP contribution in [0.2, 0.25) is 10.0 Å². The number of nitrogens with zero attached hydrogens (tertiary/aromatic N) is 5. The Labute approximate surface area is 211 Å². The van der Waals surface area contributed by atoms with E-state index in [-0.39, 0.29) is 29.6 Å². The monoisotopic (exact) mass is 540 g/mol. The molecule has 0 aliphatic carbocycles. The van der Waals surface area contributed by atoms with Crippen LogP contribution in [0.5, 0.6) is 0 Å². The summed E-state index contributed by atoms with van der Waals surface area (Å²) in [5, 5.41) is 9.38. The van der Waals surface area contributed by atoms with E-state index in [2.05, 4.69) is 10.2 Å². The number of carbonyl (C=O) groups excluding carboxylic acids is 1. The first-order valence-corrected chi connectivity index (χ1v) is 13.5. The van der Waals surface area contributed by atoms with Crippen molar-refractivity contribution in [1.82, 2.24) is 24.1 Å². The second-order valence-corrected chi connectivity index (χ2v) is 11.4. The lowest BCUT2D eigenvalue weighted by atomic mass is 10.2. The van der Waals surface area contributed by atoms with Crippen LogP contribution < -0.4 is 5.84 Å². The van der Waals surface area contributed by atoms with Crippen LogP contribution in [0, 0.1) is 6.92 Å². The molecule has 4 rings (SSSR count). The Morgan fingerprint density at radius 1 is 1.06 bits per heavy atom. The molecular weight excluding hydrogens is 519 g/mol. The molecular formula is C21H22Cl2N6O3S2. The zero-order valence-electron chi connectivity index (χ0n) is 18.2. The third kappa shape index (κ3) is 5.18. The van der Waals surface area contributed by atoms with Crippen molar-refractivity contribution >= 4 is 50.9 Å². The maximum atomic E-state index is 12.9. The summed E-state index contributed by atoms with van der Waals surface area (Å²) < 4.78 is 28.4. The lowest BCUT2D eigenvalue weighted by Gasteiger charge is -2.34. The number of piperazine rings is 1. The van der Waals surface area contributed by atoms with Gasteiger partial charge in [-0.1, -0.05) is 52.7 Å². The van der Waals surface area contributed by atoms with Crippen molar-refractivity contribution in [2.75, 3.05) is 37.8 Å². The number of nitrogens with two attached hydrogens (primary N) is 1. The zero-order valence-corrected chi connectivity index (χ0v) is 21.3. The first-order valence-electron chi connectivity index (χ1n) is 10.3. The van der Waals surface area contributed by atoms with Crippen molar-refractivity contribution in [3.05, 3.63) is 58.1 Å². The minimum absolute atomic E-state index is 0.0866. The van der Waals surface area contributed by atoms with E-state index >= 15 is 0 Å². The summed E-state index contributed by atoms with van der Waals surface area (Å²) >= 11 is 13.4. The lowest BCUT2D eigenvalue weighted by Crippen LogP contribution is -2.51. The van der Waals surface area contributed by atoms with E-state index in [1.807, 2.05) is 6.92 Å². The van der Waals surface area contributed by atoms with Crippen molar-refractivity contribution in [3.8, 4) is 11.4 Å². The second-order valence-electron chi connectivity index (χ2n) is 7.69. The molecule has 0 unspecified atom stereocenters. The first-order chi connectivity index (χ1) is 16.2. The Morgan fingerprint density at radius 2 is 1.74 bits per heavy atom. The number of amides is 1. The quantitative estimate of drug-likeness (QED) is 0.377. The van der Waals surface area contributed by atoms with Crippen LogP contribution in [0.3, 0.4) is 0 Å². The van der Waals surface area contributed by atoms with Crippen LogP contribution in [0.4, 0.5) is 0 Å². The van der Waals surface area contributed by atoms with Gasteiger partial charge in [0.25, 0.3) is 0 Å². The molecule has 0 bridgehead atoms. The third-order valence-corrected chi connectivity index (χ3v) is 8.81. The fraction of sp³-hybridized carbons (Fsp3) is 0.286. The summed E-state index contributed by atoms with van der Waals surface area (Å²) in [5.41, 5.74) is 1.52. The number of carbonyl (C=O) groups is 1. The van der Waals surface area contributed by atoms with Crippen LogP contribution in [-0.2, 0) is 14.8 Å². The van der Waals surface area contributed by atoms with E-state index < -0.39 is 10.0 Å². The van der Waals surface area contributed by atoms with Gasteiger partial charge in [0.1, 0.15) is 0 Å². The molecule has 1 amide bonds. The van der Waals surface area contributed by atoms with E-state index in [1.54, 1.807) is 47.4 Å². The predicted octanol–water partition coefficient (Wildman–Crippen LogP) is 2.90.